The zero-order chi connectivity index (χ0) is 15.9. The van der Waals surface area contributed by atoms with Gasteiger partial charge in [-0.2, -0.15) is 0 Å². The summed E-state index contributed by atoms with van der Waals surface area (Å²) in [5, 5.41) is 3.66. The molecular formula is C18H32N2O. The van der Waals surface area contributed by atoms with E-state index in [1.54, 1.807) is 0 Å². The van der Waals surface area contributed by atoms with Crippen molar-refractivity contribution < 1.29 is 4.74 Å². The molecule has 1 rings (SSSR count). The maximum atomic E-state index is 5.66. The fraction of sp³-hybridized carbons (Fsp3) is 0.667. The first kappa shape index (κ1) is 18.0. The predicted octanol–water partition coefficient (Wildman–Crippen LogP) is 3.86. The van der Waals surface area contributed by atoms with E-state index in [1.807, 2.05) is 13.0 Å². The topological polar surface area (TPSA) is 24.5 Å². The number of hydrogen-bond acceptors (Lipinski definition) is 3. The highest BCUT2D eigenvalue weighted by Gasteiger charge is 2.34. The average molecular weight is 292 g/mol. The highest BCUT2D eigenvalue weighted by Crippen LogP contribution is 2.32. The van der Waals surface area contributed by atoms with E-state index in [0.717, 1.165) is 25.4 Å². The van der Waals surface area contributed by atoms with E-state index in [0.29, 0.717) is 6.61 Å². The van der Waals surface area contributed by atoms with Crippen molar-refractivity contribution in [2.45, 2.75) is 53.1 Å². The van der Waals surface area contributed by atoms with Crippen molar-refractivity contribution in [3.8, 4) is 5.75 Å². The van der Waals surface area contributed by atoms with Gasteiger partial charge in [0.1, 0.15) is 5.75 Å². The van der Waals surface area contributed by atoms with Gasteiger partial charge in [-0.3, -0.25) is 4.90 Å². The van der Waals surface area contributed by atoms with Gasteiger partial charge in [0.05, 0.1) is 12.6 Å². The van der Waals surface area contributed by atoms with Gasteiger partial charge in [-0.15, -0.1) is 0 Å². The number of hydrogen-bond donors (Lipinski definition) is 1. The second-order valence-electron chi connectivity index (χ2n) is 5.82. The molecule has 0 saturated carbocycles. The Balaban J connectivity index is 3.13. The highest BCUT2D eigenvalue weighted by atomic mass is 16.5. The van der Waals surface area contributed by atoms with E-state index >= 15 is 0 Å². The van der Waals surface area contributed by atoms with Crippen LogP contribution in [0.4, 0.5) is 0 Å². The van der Waals surface area contributed by atoms with Crippen LogP contribution < -0.4 is 10.1 Å². The summed E-state index contributed by atoms with van der Waals surface area (Å²) in [7, 11) is 0. The van der Waals surface area contributed by atoms with Crippen molar-refractivity contribution >= 4 is 0 Å². The van der Waals surface area contributed by atoms with Gasteiger partial charge in [-0.1, -0.05) is 32.9 Å². The summed E-state index contributed by atoms with van der Waals surface area (Å²) in [5.41, 5.74) is 1.34. The van der Waals surface area contributed by atoms with Crippen LogP contribution in [0.3, 0.4) is 0 Å². The highest BCUT2D eigenvalue weighted by molar-refractivity contribution is 5.32. The minimum absolute atomic E-state index is 0.0460. The number of likely N-dealkylation sites (N-methyl/N-ethyl adjacent to an activating group) is 2. The molecule has 1 N–H and O–H groups in total. The molecule has 3 heteroatoms. The number of ether oxygens (including phenoxy) is 1. The monoisotopic (exact) mass is 292 g/mol. The summed E-state index contributed by atoms with van der Waals surface area (Å²) in [5.74, 6) is 0.952. The van der Waals surface area contributed by atoms with Gasteiger partial charge in [0.15, 0.2) is 0 Å². The van der Waals surface area contributed by atoms with E-state index in [9.17, 15) is 0 Å². The van der Waals surface area contributed by atoms with Gasteiger partial charge in [0.2, 0.25) is 0 Å². The molecule has 0 aliphatic carbocycles. The SMILES string of the molecule is CCNC(c1cccc(OCC)c1)C(C)(C)N(CC)CC. The molecule has 0 radical (unpaired) electrons. The van der Waals surface area contributed by atoms with E-state index in [-0.39, 0.29) is 11.6 Å². The summed E-state index contributed by atoms with van der Waals surface area (Å²) in [6.45, 7) is 17.0. The molecule has 0 saturated heterocycles. The molecule has 0 spiro atoms. The quantitative estimate of drug-likeness (QED) is 0.748. The lowest BCUT2D eigenvalue weighted by molar-refractivity contribution is 0.0917. The van der Waals surface area contributed by atoms with Crippen LogP contribution in [0.5, 0.6) is 5.75 Å². The van der Waals surface area contributed by atoms with Crippen molar-refractivity contribution in [3.05, 3.63) is 29.8 Å². The third-order valence-corrected chi connectivity index (χ3v) is 4.20. The van der Waals surface area contributed by atoms with Crippen molar-refractivity contribution in [2.75, 3.05) is 26.2 Å². The summed E-state index contributed by atoms with van der Waals surface area (Å²) in [6.07, 6.45) is 0. The Kier molecular flexibility index (Phi) is 7.20. The van der Waals surface area contributed by atoms with Gasteiger partial charge < -0.3 is 10.1 Å². The molecule has 0 aromatic heterocycles. The van der Waals surface area contributed by atoms with Gasteiger partial charge in [0, 0.05) is 5.54 Å². The molecule has 1 aromatic rings. The summed E-state index contributed by atoms with van der Waals surface area (Å²) in [6, 6.07) is 8.76. The van der Waals surface area contributed by atoms with Crippen LogP contribution in [0.15, 0.2) is 24.3 Å². The Morgan fingerprint density at radius 2 is 1.81 bits per heavy atom. The maximum absolute atomic E-state index is 5.66. The first-order valence-electron chi connectivity index (χ1n) is 8.22. The van der Waals surface area contributed by atoms with Crippen LogP contribution >= 0.6 is 0 Å². The largest absolute Gasteiger partial charge is 0.494 e. The van der Waals surface area contributed by atoms with Gasteiger partial charge in [0.25, 0.3) is 0 Å². The zero-order valence-electron chi connectivity index (χ0n) is 14.6. The molecule has 3 nitrogen and oxygen atoms in total. The zero-order valence-corrected chi connectivity index (χ0v) is 14.6. The molecule has 0 fully saturated rings. The van der Waals surface area contributed by atoms with Crippen LogP contribution in [0.1, 0.15) is 53.1 Å². The first-order valence-corrected chi connectivity index (χ1v) is 8.22. The third-order valence-electron chi connectivity index (χ3n) is 4.20. The Morgan fingerprint density at radius 3 is 2.33 bits per heavy atom. The van der Waals surface area contributed by atoms with Gasteiger partial charge in [-0.25, -0.2) is 0 Å². The Bertz CT molecular complexity index is 413. The van der Waals surface area contributed by atoms with E-state index < -0.39 is 0 Å². The van der Waals surface area contributed by atoms with E-state index in [1.165, 1.54) is 5.56 Å². The smallest absolute Gasteiger partial charge is 0.119 e. The van der Waals surface area contributed by atoms with Crippen LogP contribution in [-0.4, -0.2) is 36.7 Å². The van der Waals surface area contributed by atoms with Crippen molar-refractivity contribution in [1.29, 1.82) is 0 Å². The Labute approximate surface area is 130 Å². The lowest BCUT2D eigenvalue weighted by atomic mass is 9.86. The molecule has 1 aromatic carbocycles. The Hall–Kier alpha value is -1.06. The van der Waals surface area contributed by atoms with E-state index in [2.05, 4.69) is 63.0 Å². The average Bonchev–Trinajstić information content (AvgIpc) is 2.46. The summed E-state index contributed by atoms with van der Waals surface area (Å²) in [4.78, 5) is 2.51. The number of nitrogens with zero attached hydrogens (tertiary/aromatic N) is 1. The van der Waals surface area contributed by atoms with Crippen molar-refractivity contribution in [1.82, 2.24) is 10.2 Å². The predicted molar refractivity (Wildman–Crippen MR) is 91.0 cm³/mol. The lowest BCUT2D eigenvalue weighted by Gasteiger charge is -2.44. The minimum Gasteiger partial charge on any atom is -0.494 e. The number of rotatable bonds is 9. The third kappa shape index (κ3) is 4.45. The molecule has 0 aliphatic heterocycles. The van der Waals surface area contributed by atoms with E-state index in [4.69, 9.17) is 4.74 Å². The van der Waals surface area contributed by atoms with Crippen LogP contribution in [-0.2, 0) is 0 Å². The maximum Gasteiger partial charge on any atom is 0.119 e. The van der Waals surface area contributed by atoms with Crippen LogP contribution in [0.2, 0.25) is 0 Å². The number of benzene rings is 1. The molecule has 1 unspecified atom stereocenters. The first-order chi connectivity index (χ1) is 10.0. The molecule has 120 valence electrons. The second kappa shape index (κ2) is 8.40. The molecule has 0 amide bonds. The standard InChI is InChI=1S/C18H32N2O/c1-7-19-17(18(5,6)20(8-2)9-3)15-12-11-13-16(14-15)21-10-4/h11-14,17,19H,7-10H2,1-6H3. The fourth-order valence-electron chi connectivity index (χ4n) is 3.15. The molecule has 1 atom stereocenters. The molecule has 0 aliphatic rings. The van der Waals surface area contributed by atoms with Crippen molar-refractivity contribution in [3.63, 3.8) is 0 Å². The van der Waals surface area contributed by atoms with Crippen molar-refractivity contribution in [2.24, 2.45) is 0 Å². The van der Waals surface area contributed by atoms with Crippen LogP contribution in [0.25, 0.3) is 0 Å². The minimum atomic E-state index is 0.0460. The second-order valence-corrected chi connectivity index (χ2v) is 5.82. The van der Waals surface area contributed by atoms with Gasteiger partial charge in [-0.05, 0) is 58.1 Å². The van der Waals surface area contributed by atoms with Crippen LogP contribution in [0, 0.1) is 0 Å². The molecule has 0 bridgehead atoms. The number of nitrogens with one attached hydrogen (secondary N) is 1. The normalized spacial score (nSPS) is 13.5. The lowest BCUT2D eigenvalue weighted by Crippen LogP contribution is -2.52. The molecule has 21 heavy (non-hydrogen) atoms. The molecular weight excluding hydrogens is 260 g/mol. The summed E-state index contributed by atoms with van der Waals surface area (Å²) >= 11 is 0. The Morgan fingerprint density at radius 1 is 1.14 bits per heavy atom. The molecule has 0 heterocycles. The van der Waals surface area contributed by atoms with Gasteiger partial charge >= 0.3 is 0 Å². The fourth-order valence-corrected chi connectivity index (χ4v) is 3.15. The summed E-state index contributed by atoms with van der Waals surface area (Å²) < 4.78 is 5.66.